The highest BCUT2D eigenvalue weighted by molar-refractivity contribution is 6.30. The van der Waals surface area contributed by atoms with Crippen molar-refractivity contribution < 1.29 is 9.53 Å². The van der Waals surface area contributed by atoms with Crippen molar-refractivity contribution in [2.75, 3.05) is 26.7 Å². The van der Waals surface area contributed by atoms with Crippen LogP contribution in [0.5, 0.6) is 5.75 Å². The highest BCUT2D eigenvalue weighted by Crippen LogP contribution is 2.28. The maximum Gasteiger partial charge on any atom is 0.162 e. The van der Waals surface area contributed by atoms with E-state index in [0.29, 0.717) is 17.4 Å². The molecule has 1 heterocycles. The number of hydrogen-bond acceptors (Lipinski definition) is 4. The van der Waals surface area contributed by atoms with E-state index in [1.807, 2.05) is 49.5 Å². The van der Waals surface area contributed by atoms with E-state index in [9.17, 15) is 4.79 Å². The standard InChI is InChI=1S/C31H37ClN2O2/c1-33-19-16-31(36-29-13-11-28(32)12-14-29)27-9-5-8-26(22-27)30(35)15-10-24-17-20-34(21-18-24)23-25-6-3-2-4-7-25/h2-9,11-14,22,24,31,33H,10,15-21,23H2,1H3. The molecule has 4 rings (SSSR count). The van der Waals surface area contributed by atoms with Crippen molar-refractivity contribution in [3.8, 4) is 5.75 Å². The van der Waals surface area contributed by atoms with Gasteiger partial charge in [-0.2, -0.15) is 0 Å². The molecule has 1 N–H and O–H groups in total. The van der Waals surface area contributed by atoms with Crippen molar-refractivity contribution in [1.29, 1.82) is 0 Å². The molecule has 0 saturated carbocycles. The highest BCUT2D eigenvalue weighted by Gasteiger charge is 2.21. The van der Waals surface area contributed by atoms with Gasteiger partial charge in [0.2, 0.25) is 0 Å². The Balaban J connectivity index is 1.30. The lowest BCUT2D eigenvalue weighted by molar-refractivity contribution is 0.0961. The van der Waals surface area contributed by atoms with Crippen LogP contribution in [0.15, 0.2) is 78.9 Å². The van der Waals surface area contributed by atoms with Crippen LogP contribution in [0, 0.1) is 5.92 Å². The zero-order valence-electron chi connectivity index (χ0n) is 21.2. The molecule has 3 aromatic carbocycles. The van der Waals surface area contributed by atoms with Gasteiger partial charge in [0.25, 0.3) is 0 Å². The number of rotatable bonds is 12. The number of carbonyl (C=O) groups excluding carboxylic acids is 1. The first-order valence-corrected chi connectivity index (χ1v) is 13.4. The number of ketones is 1. The van der Waals surface area contributed by atoms with Crippen molar-refractivity contribution in [2.24, 2.45) is 5.92 Å². The van der Waals surface area contributed by atoms with E-state index in [-0.39, 0.29) is 11.9 Å². The molecule has 0 amide bonds. The number of halogens is 1. The number of hydrogen-bond donors (Lipinski definition) is 1. The minimum Gasteiger partial charge on any atom is -0.486 e. The van der Waals surface area contributed by atoms with Crippen LogP contribution in [-0.2, 0) is 6.54 Å². The minimum atomic E-state index is -0.139. The summed E-state index contributed by atoms with van der Waals surface area (Å²) in [6.45, 7) is 4.06. The molecule has 0 spiro atoms. The van der Waals surface area contributed by atoms with Gasteiger partial charge in [0, 0.05) is 30.0 Å². The number of Topliss-reactive ketones (excluding diaryl/α,β-unsaturated/α-hetero) is 1. The van der Waals surface area contributed by atoms with Crippen LogP contribution >= 0.6 is 11.6 Å². The van der Waals surface area contributed by atoms with Crippen molar-refractivity contribution in [2.45, 2.75) is 44.8 Å². The minimum absolute atomic E-state index is 0.139. The van der Waals surface area contributed by atoms with Crippen LogP contribution in [0.4, 0.5) is 0 Å². The van der Waals surface area contributed by atoms with Gasteiger partial charge in [-0.3, -0.25) is 9.69 Å². The summed E-state index contributed by atoms with van der Waals surface area (Å²) < 4.78 is 6.29. The number of likely N-dealkylation sites (tertiary alicyclic amines) is 1. The summed E-state index contributed by atoms with van der Waals surface area (Å²) in [5.41, 5.74) is 3.18. The van der Waals surface area contributed by atoms with Crippen LogP contribution < -0.4 is 10.1 Å². The molecule has 190 valence electrons. The molecule has 3 aromatic rings. The summed E-state index contributed by atoms with van der Waals surface area (Å²) in [7, 11) is 1.94. The Hall–Kier alpha value is -2.66. The SMILES string of the molecule is CNCCC(Oc1ccc(Cl)cc1)c1cccc(C(=O)CCC2CCN(Cc3ccccc3)CC2)c1. The smallest absolute Gasteiger partial charge is 0.162 e. The molecule has 4 nitrogen and oxygen atoms in total. The maximum absolute atomic E-state index is 13.1. The Morgan fingerprint density at radius 2 is 1.78 bits per heavy atom. The number of piperidine rings is 1. The monoisotopic (exact) mass is 504 g/mol. The second kappa shape index (κ2) is 13.6. The molecule has 0 aromatic heterocycles. The second-order valence-corrected chi connectivity index (χ2v) is 10.2. The Bertz CT molecular complexity index is 1080. The van der Waals surface area contributed by atoms with Gasteiger partial charge in [0.15, 0.2) is 5.78 Å². The van der Waals surface area contributed by atoms with Crippen molar-refractivity contribution in [3.05, 3.63) is 101 Å². The summed E-state index contributed by atoms with van der Waals surface area (Å²) in [5, 5.41) is 3.89. The lowest BCUT2D eigenvalue weighted by Gasteiger charge is -2.32. The zero-order chi connectivity index (χ0) is 25.2. The third-order valence-corrected chi connectivity index (χ3v) is 7.32. The molecule has 1 aliphatic rings. The Morgan fingerprint density at radius 3 is 2.50 bits per heavy atom. The first-order chi connectivity index (χ1) is 17.6. The fourth-order valence-corrected chi connectivity index (χ4v) is 5.04. The Labute approximate surface area is 220 Å². The quantitative estimate of drug-likeness (QED) is 0.271. The van der Waals surface area contributed by atoms with Gasteiger partial charge in [0.1, 0.15) is 11.9 Å². The summed E-state index contributed by atoms with van der Waals surface area (Å²) in [6, 6.07) is 26.1. The number of benzene rings is 3. The molecule has 0 radical (unpaired) electrons. The van der Waals surface area contributed by atoms with Crippen molar-refractivity contribution in [3.63, 3.8) is 0 Å². The number of ether oxygens (including phenoxy) is 1. The largest absolute Gasteiger partial charge is 0.486 e. The van der Waals surface area contributed by atoms with Crippen LogP contribution in [0.2, 0.25) is 5.02 Å². The molecule has 1 fully saturated rings. The molecular weight excluding hydrogens is 468 g/mol. The van der Waals surface area contributed by atoms with E-state index >= 15 is 0 Å². The molecule has 36 heavy (non-hydrogen) atoms. The van der Waals surface area contributed by atoms with E-state index in [4.69, 9.17) is 16.3 Å². The van der Waals surface area contributed by atoms with Crippen LogP contribution in [0.3, 0.4) is 0 Å². The summed E-state index contributed by atoms with van der Waals surface area (Å²) in [4.78, 5) is 15.6. The van der Waals surface area contributed by atoms with Gasteiger partial charge < -0.3 is 10.1 Å². The topological polar surface area (TPSA) is 41.6 Å². The van der Waals surface area contributed by atoms with E-state index in [2.05, 4.69) is 46.6 Å². The van der Waals surface area contributed by atoms with Gasteiger partial charge in [-0.1, -0.05) is 60.1 Å². The van der Waals surface area contributed by atoms with Gasteiger partial charge in [-0.15, -0.1) is 0 Å². The molecule has 0 bridgehead atoms. The second-order valence-electron chi connectivity index (χ2n) is 9.75. The highest BCUT2D eigenvalue weighted by atomic mass is 35.5. The first kappa shape index (κ1) is 26.4. The molecular formula is C31H37ClN2O2. The van der Waals surface area contributed by atoms with Gasteiger partial charge in [-0.05, 0) is 93.3 Å². The average molecular weight is 505 g/mol. The fraction of sp³-hybridized carbons (Fsp3) is 0.387. The van der Waals surface area contributed by atoms with E-state index in [0.717, 1.165) is 55.9 Å². The average Bonchev–Trinajstić information content (AvgIpc) is 2.92. The molecule has 1 atom stereocenters. The maximum atomic E-state index is 13.1. The van der Waals surface area contributed by atoms with Crippen LogP contribution in [0.1, 0.15) is 59.7 Å². The zero-order valence-corrected chi connectivity index (χ0v) is 21.9. The molecule has 1 unspecified atom stereocenters. The predicted octanol–water partition coefficient (Wildman–Crippen LogP) is 6.94. The number of nitrogens with zero attached hydrogens (tertiary/aromatic N) is 1. The van der Waals surface area contributed by atoms with Crippen molar-refractivity contribution in [1.82, 2.24) is 10.2 Å². The van der Waals surface area contributed by atoms with Crippen LogP contribution in [0.25, 0.3) is 0 Å². The molecule has 5 heteroatoms. The van der Waals surface area contributed by atoms with Gasteiger partial charge >= 0.3 is 0 Å². The molecule has 1 aliphatic heterocycles. The summed E-state index contributed by atoms with van der Waals surface area (Å²) in [5.74, 6) is 1.62. The lowest BCUT2D eigenvalue weighted by Crippen LogP contribution is -2.33. The van der Waals surface area contributed by atoms with E-state index < -0.39 is 0 Å². The summed E-state index contributed by atoms with van der Waals surface area (Å²) in [6.07, 6.45) is 4.57. The van der Waals surface area contributed by atoms with Crippen LogP contribution in [-0.4, -0.2) is 37.4 Å². The summed E-state index contributed by atoms with van der Waals surface area (Å²) >= 11 is 6.02. The predicted molar refractivity (Wildman–Crippen MR) is 148 cm³/mol. The first-order valence-electron chi connectivity index (χ1n) is 13.1. The molecule has 0 aliphatic carbocycles. The third-order valence-electron chi connectivity index (χ3n) is 7.06. The number of nitrogens with one attached hydrogen (secondary N) is 1. The third kappa shape index (κ3) is 7.92. The van der Waals surface area contributed by atoms with Gasteiger partial charge in [0.05, 0.1) is 0 Å². The Kier molecular flexibility index (Phi) is 9.97. The Morgan fingerprint density at radius 1 is 1.03 bits per heavy atom. The van der Waals surface area contributed by atoms with E-state index in [1.165, 1.54) is 18.4 Å². The normalized spacial score (nSPS) is 15.5. The lowest BCUT2D eigenvalue weighted by atomic mass is 9.90. The number of carbonyl (C=O) groups is 1. The molecule has 1 saturated heterocycles. The van der Waals surface area contributed by atoms with E-state index in [1.54, 1.807) is 0 Å². The fourth-order valence-electron chi connectivity index (χ4n) is 4.91. The van der Waals surface area contributed by atoms with Crippen molar-refractivity contribution >= 4 is 17.4 Å². The van der Waals surface area contributed by atoms with Gasteiger partial charge in [-0.25, -0.2) is 0 Å².